The first-order chi connectivity index (χ1) is 11.5. The fourth-order valence-electron chi connectivity index (χ4n) is 2.43. The van der Waals surface area contributed by atoms with Crippen molar-refractivity contribution in [3.8, 4) is 5.75 Å². The zero-order chi connectivity index (χ0) is 17.3. The predicted molar refractivity (Wildman–Crippen MR) is 90.1 cm³/mol. The summed E-state index contributed by atoms with van der Waals surface area (Å²) in [7, 11) is 3.49. The highest BCUT2D eigenvalue weighted by Gasteiger charge is 2.17. The molecule has 0 atom stereocenters. The minimum Gasteiger partial charge on any atom is -0.497 e. The normalized spacial score (nSPS) is 10.8. The standard InChI is InChI=1S/C16H15ClN4O3/c1-20(9-10-3-5-11(24-2)6-4-10)14-7-13(17)19-15-12(16(22)23)8-18-21(14)15/h3-8H,9H2,1-2H3,(H,22,23). The van der Waals surface area contributed by atoms with Gasteiger partial charge in [-0.3, -0.25) is 0 Å². The molecule has 0 fully saturated rings. The summed E-state index contributed by atoms with van der Waals surface area (Å²) in [5, 5.41) is 13.5. The van der Waals surface area contributed by atoms with E-state index in [4.69, 9.17) is 16.3 Å². The van der Waals surface area contributed by atoms with Crippen molar-refractivity contribution >= 4 is 29.0 Å². The zero-order valence-electron chi connectivity index (χ0n) is 13.1. The quantitative estimate of drug-likeness (QED) is 0.715. The van der Waals surface area contributed by atoms with E-state index in [2.05, 4.69) is 10.1 Å². The van der Waals surface area contributed by atoms with Crippen LogP contribution < -0.4 is 9.64 Å². The van der Waals surface area contributed by atoms with E-state index < -0.39 is 5.97 Å². The molecule has 8 heteroatoms. The van der Waals surface area contributed by atoms with Crippen molar-refractivity contribution in [2.75, 3.05) is 19.1 Å². The van der Waals surface area contributed by atoms with Crippen LogP contribution >= 0.6 is 11.6 Å². The van der Waals surface area contributed by atoms with Crippen molar-refractivity contribution in [1.82, 2.24) is 14.6 Å². The van der Waals surface area contributed by atoms with Crippen LogP contribution in [0.1, 0.15) is 15.9 Å². The van der Waals surface area contributed by atoms with Gasteiger partial charge in [0.15, 0.2) is 5.65 Å². The SMILES string of the molecule is COc1ccc(CN(C)c2cc(Cl)nc3c(C(=O)O)cnn23)cc1. The predicted octanol–water partition coefficient (Wildman–Crippen LogP) is 2.73. The molecule has 124 valence electrons. The molecule has 0 aliphatic heterocycles. The second-order valence-electron chi connectivity index (χ2n) is 5.24. The van der Waals surface area contributed by atoms with E-state index in [1.807, 2.05) is 36.2 Å². The molecule has 7 nitrogen and oxygen atoms in total. The number of hydrogen-bond donors (Lipinski definition) is 1. The van der Waals surface area contributed by atoms with Crippen LogP contribution in [0.25, 0.3) is 5.65 Å². The number of methoxy groups -OCH3 is 1. The Balaban J connectivity index is 1.96. The summed E-state index contributed by atoms with van der Waals surface area (Å²) in [6, 6.07) is 9.34. The number of carbonyl (C=O) groups is 1. The molecule has 2 heterocycles. The molecule has 3 rings (SSSR count). The number of anilines is 1. The molecule has 3 aromatic rings. The minimum atomic E-state index is -1.09. The van der Waals surface area contributed by atoms with Gasteiger partial charge >= 0.3 is 5.97 Å². The number of halogens is 1. The lowest BCUT2D eigenvalue weighted by Crippen LogP contribution is -2.20. The second kappa shape index (κ2) is 6.37. The molecule has 1 aromatic carbocycles. The number of ether oxygens (including phenoxy) is 1. The van der Waals surface area contributed by atoms with Crippen LogP contribution in [0.4, 0.5) is 5.82 Å². The third kappa shape index (κ3) is 2.98. The molecule has 0 unspecified atom stereocenters. The number of fused-ring (bicyclic) bond motifs is 1. The number of carboxylic acid groups (broad SMARTS) is 1. The maximum Gasteiger partial charge on any atom is 0.341 e. The van der Waals surface area contributed by atoms with Crippen LogP contribution in [0.15, 0.2) is 36.5 Å². The number of rotatable bonds is 5. The monoisotopic (exact) mass is 346 g/mol. The fourth-order valence-corrected chi connectivity index (χ4v) is 2.60. The summed E-state index contributed by atoms with van der Waals surface area (Å²) in [5.41, 5.74) is 1.29. The van der Waals surface area contributed by atoms with Crippen LogP contribution in [-0.2, 0) is 6.54 Å². The molecule has 1 N–H and O–H groups in total. The maximum atomic E-state index is 11.3. The van der Waals surface area contributed by atoms with Gasteiger partial charge in [0.05, 0.1) is 13.3 Å². The third-order valence-electron chi connectivity index (χ3n) is 3.62. The minimum absolute atomic E-state index is 0.0107. The number of benzene rings is 1. The van der Waals surface area contributed by atoms with E-state index >= 15 is 0 Å². The number of carboxylic acids is 1. The van der Waals surface area contributed by atoms with Crippen molar-refractivity contribution in [3.05, 3.63) is 52.8 Å². The van der Waals surface area contributed by atoms with E-state index in [0.29, 0.717) is 12.4 Å². The second-order valence-corrected chi connectivity index (χ2v) is 5.63. The van der Waals surface area contributed by atoms with Gasteiger partial charge in [-0.1, -0.05) is 23.7 Å². The molecular formula is C16H15ClN4O3. The lowest BCUT2D eigenvalue weighted by molar-refractivity contribution is 0.0699. The molecule has 0 aliphatic rings. The Morgan fingerprint density at radius 1 is 1.38 bits per heavy atom. The first-order valence-electron chi connectivity index (χ1n) is 7.11. The van der Waals surface area contributed by atoms with Gasteiger partial charge in [-0.2, -0.15) is 9.61 Å². The van der Waals surface area contributed by atoms with Crippen molar-refractivity contribution in [2.45, 2.75) is 6.54 Å². The molecular weight excluding hydrogens is 332 g/mol. The lowest BCUT2D eigenvalue weighted by atomic mass is 10.2. The third-order valence-corrected chi connectivity index (χ3v) is 3.82. The Kier molecular flexibility index (Phi) is 4.26. The van der Waals surface area contributed by atoms with Crippen LogP contribution in [-0.4, -0.2) is 39.8 Å². The fraction of sp³-hybridized carbons (Fsp3) is 0.188. The highest BCUT2D eigenvalue weighted by Crippen LogP contribution is 2.23. The number of aromatic nitrogens is 3. The smallest absolute Gasteiger partial charge is 0.341 e. The first-order valence-corrected chi connectivity index (χ1v) is 7.49. The Labute approximate surface area is 143 Å². The van der Waals surface area contributed by atoms with Gasteiger partial charge in [-0.15, -0.1) is 0 Å². The van der Waals surface area contributed by atoms with Crippen LogP contribution in [0.5, 0.6) is 5.75 Å². The van der Waals surface area contributed by atoms with Gasteiger partial charge < -0.3 is 14.7 Å². The van der Waals surface area contributed by atoms with Gasteiger partial charge in [-0.25, -0.2) is 9.78 Å². The number of hydrogen-bond acceptors (Lipinski definition) is 5. The van der Waals surface area contributed by atoms with Crippen molar-refractivity contribution in [1.29, 1.82) is 0 Å². The van der Waals surface area contributed by atoms with E-state index in [1.165, 1.54) is 10.7 Å². The topological polar surface area (TPSA) is 80.0 Å². The average Bonchev–Trinajstić information content (AvgIpc) is 2.98. The summed E-state index contributed by atoms with van der Waals surface area (Å²) < 4.78 is 6.62. The van der Waals surface area contributed by atoms with Crippen LogP contribution in [0.2, 0.25) is 5.15 Å². The molecule has 2 aromatic heterocycles. The lowest BCUT2D eigenvalue weighted by Gasteiger charge is -2.20. The molecule has 0 saturated carbocycles. The molecule has 24 heavy (non-hydrogen) atoms. The van der Waals surface area contributed by atoms with E-state index in [-0.39, 0.29) is 16.4 Å². The van der Waals surface area contributed by atoms with Crippen molar-refractivity contribution in [2.24, 2.45) is 0 Å². The summed E-state index contributed by atoms with van der Waals surface area (Å²) in [5.74, 6) is 0.339. The maximum absolute atomic E-state index is 11.3. The molecule has 0 radical (unpaired) electrons. The van der Waals surface area contributed by atoms with Gasteiger partial charge in [0.1, 0.15) is 22.3 Å². The largest absolute Gasteiger partial charge is 0.497 e. The van der Waals surface area contributed by atoms with Gasteiger partial charge in [0.25, 0.3) is 0 Å². The highest BCUT2D eigenvalue weighted by atomic mass is 35.5. The van der Waals surface area contributed by atoms with Gasteiger partial charge in [-0.05, 0) is 17.7 Å². The van der Waals surface area contributed by atoms with E-state index in [1.54, 1.807) is 13.2 Å². The Morgan fingerprint density at radius 3 is 2.71 bits per heavy atom. The highest BCUT2D eigenvalue weighted by molar-refractivity contribution is 6.29. The molecule has 0 spiro atoms. The summed E-state index contributed by atoms with van der Waals surface area (Å²) in [6.45, 7) is 0.585. The van der Waals surface area contributed by atoms with Crippen molar-refractivity contribution in [3.63, 3.8) is 0 Å². The Bertz CT molecular complexity index is 892. The summed E-state index contributed by atoms with van der Waals surface area (Å²) in [6.07, 6.45) is 1.27. The molecule has 0 aliphatic carbocycles. The van der Waals surface area contributed by atoms with E-state index in [0.717, 1.165) is 11.3 Å². The Hall–Kier alpha value is -2.80. The van der Waals surface area contributed by atoms with Crippen LogP contribution in [0.3, 0.4) is 0 Å². The Morgan fingerprint density at radius 2 is 2.08 bits per heavy atom. The van der Waals surface area contributed by atoms with E-state index in [9.17, 15) is 9.90 Å². The number of nitrogens with zero attached hydrogens (tertiary/aromatic N) is 4. The molecule has 0 saturated heterocycles. The number of aromatic carboxylic acids is 1. The average molecular weight is 347 g/mol. The zero-order valence-corrected chi connectivity index (χ0v) is 13.9. The van der Waals surface area contributed by atoms with Gasteiger partial charge in [0, 0.05) is 19.7 Å². The summed E-state index contributed by atoms with van der Waals surface area (Å²) in [4.78, 5) is 17.2. The molecule has 0 amide bonds. The van der Waals surface area contributed by atoms with Gasteiger partial charge in [0.2, 0.25) is 0 Å². The summed E-state index contributed by atoms with van der Waals surface area (Å²) >= 11 is 6.06. The first kappa shape index (κ1) is 16.1. The van der Waals surface area contributed by atoms with Crippen molar-refractivity contribution < 1.29 is 14.6 Å². The van der Waals surface area contributed by atoms with Crippen LogP contribution in [0, 0.1) is 0 Å². The molecule has 0 bridgehead atoms.